The molecule has 0 aliphatic rings. The molecule has 0 heterocycles. The average molecular weight is 1010 g/mol. The van der Waals surface area contributed by atoms with Crippen molar-refractivity contribution in [2.75, 3.05) is 26.4 Å². The Kier molecular flexibility index (Phi) is 52.5. The molecule has 402 valence electrons. The molecular formula is C61H100NO8P. The number of esters is 2. The fraction of sp³-hybridized carbons (Fsp3) is 0.607. The fourth-order valence-corrected chi connectivity index (χ4v) is 7.72. The second-order valence-electron chi connectivity index (χ2n) is 17.7. The minimum Gasteiger partial charge on any atom is -0.462 e. The van der Waals surface area contributed by atoms with Crippen LogP contribution in [0.1, 0.15) is 206 Å². The molecule has 0 spiro atoms. The molecule has 0 saturated heterocycles. The zero-order valence-electron chi connectivity index (χ0n) is 44.7. The molecule has 2 atom stereocenters. The van der Waals surface area contributed by atoms with Crippen molar-refractivity contribution in [1.29, 1.82) is 0 Å². The number of carbonyl (C=O) groups excluding carboxylic acids is 2. The molecule has 9 nitrogen and oxygen atoms in total. The summed E-state index contributed by atoms with van der Waals surface area (Å²) in [5.74, 6) is -0.870. The second-order valence-corrected chi connectivity index (χ2v) is 19.2. The van der Waals surface area contributed by atoms with Gasteiger partial charge in [0.15, 0.2) is 6.10 Å². The van der Waals surface area contributed by atoms with Crippen molar-refractivity contribution in [3.8, 4) is 0 Å². The van der Waals surface area contributed by atoms with E-state index in [1.165, 1.54) is 25.7 Å². The number of carbonyl (C=O) groups is 2. The van der Waals surface area contributed by atoms with Gasteiger partial charge in [0.1, 0.15) is 6.61 Å². The number of hydrogen-bond acceptors (Lipinski definition) is 8. The molecule has 0 fully saturated rings. The van der Waals surface area contributed by atoms with Crippen molar-refractivity contribution in [3.63, 3.8) is 0 Å². The predicted octanol–water partition coefficient (Wildman–Crippen LogP) is 17.4. The Balaban J connectivity index is 4.12. The number of hydrogen-bond donors (Lipinski definition) is 2. The van der Waals surface area contributed by atoms with E-state index in [4.69, 9.17) is 24.3 Å². The first-order valence-corrected chi connectivity index (χ1v) is 29.2. The maximum absolute atomic E-state index is 12.7. The van der Waals surface area contributed by atoms with E-state index in [-0.39, 0.29) is 32.6 Å². The molecule has 0 aromatic heterocycles. The molecule has 2 unspecified atom stereocenters. The molecular weight excluding hydrogens is 906 g/mol. The van der Waals surface area contributed by atoms with Gasteiger partial charge in [-0.2, -0.15) is 0 Å². The number of unbranched alkanes of at least 4 members (excludes halogenated alkanes) is 15. The highest BCUT2D eigenvalue weighted by Crippen LogP contribution is 2.43. The lowest BCUT2D eigenvalue weighted by molar-refractivity contribution is -0.161. The van der Waals surface area contributed by atoms with Crippen LogP contribution in [-0.2, 0) is 32.7 Å². The van der Waals surface area contributed by atoms with Gasteiger partial charge in [0.05, 0.1) is 13.2 Å². The van der Waals surface area contributed by atoms with E-state index in [0.29, 0.717) is 12.8 Å². The van der Waals surface area contributed by atoms with Gasteiger partial charge in [0.2, 0.25) is 0 Å². The highest BCUT2D eigenvalue weighted by atomic mass is 31.2. The van der Waals surface area contributed by atoms with Gasteiger partial charge in [0, 0.05) is 19.4 Å². The Bertz CT molecular complexity index is 1620. The van der Waals surface area contributed by atoms with Crippen LogP contribution in [-0.4, -0.2) is 49.3 Å². The van der Waals surface area contributed by atoms with E-state index >= 15 is 0 Å². The molecule has 0 aliphatic carbocycles. The molecule has 0 aromatic carbocycles. The molecule has 0 radical (unpaired) electrons. The van der Waals surface area contributed by atoms with Crippen LogP contribution in [0, 0.1) is 0 Å². The molecule has 0 bridgehead atoms. The first-order chi connectivity index (χ1) is 34.8. The average Bonchev–Trinajstić information content (AvgIpc) is 3.36. The van der Waals surface area contributed by atoms with Crippen LogP contribution < -0.4 is 5.73 Å². The van der Waals surface area contributed by atoms with Gasteiger partial charge in [-0.15, -0.1) is 0 Å². The Morgan fingerprint density at radius 1 is 0.437 bits per heavy atom. The van der Waals surface area contributed by atoms with Crippen molar-refractivity contribution in [2.45, 2.75) is 213 Å². The molecule has 0 amide bonds. The van der Waals surface area contributed by atoms with Crippen molar-refractivity contribution in [2.24, 2.45) is 5.73 Å². The zero-order valence-corrected chi connectivity index (χ0v) is 45.5. The van der Waals surface area contributed by atoms with Crippen molar-refractivity contribution in [1.82, 2.24) is 0 Å². The maximum Gasteiger partial charge on any atom is 0.472 e. The molecule has 0 aliphatic heterocycles. The summed E-state index contributed by atoms with van der Waals surface area (Å²) in [6.07, 6.45) is 77.7. The Hall–Kier alpha value is -3.85. The quantitative estimate of drug-likeness (QED) is 0.0264. The molecule has 3 N–H and O–H groups in total. The fourth-order valence-electron chi connectivity index (χ4n) is 6.95. The monoisotopic (exact) mass is 1010 g/mol. The number of phosphoric acid groups is 1. The molecule has 0 saturated carbocycles. The number of allylic oxidation sites excluding steroid dienone is 22. The first kappa shape index (κ1) is 67.1. The topological polar surface area (TPSA) is 134 Å². The van der Waals surface area contributed by atoms with Crippen LogP contribution in [0.2, 0.25) is 0 Å². The van der Waals surface area contributed by atoms with Gasteiger partial charge in [-0.3, -0.25) is 18.6 Å². The highest BCUT2D eigenvalue weighted by Gasteiger charge is 2.26. The second kappa shape index (κ2) is 55.5. The van der Waals surface area contributed by atoms with Crippen LogP contribution in [0.3, 0.4) is 0 Å². The number of phosphoric ester groups is 1. The summed E-state index contributed by atoms with van der Waals surface area (Å²) in [5.41, 5.74) is 5.37. The summed E-state index contributed by atoms with van der Waals surface area (Å²) in [6, 6.07) is 0. The van der Waals surface area contributed by atoms with Crippen molar-refractivity contribution < 1.29 is 37.6 Å². The lowest BCUT2D eigenvalue weighted by atomic mass is 10.1. The normalized spacial score (nSPS) is 14.1. The van der Waals surface area contributed by atoms with Gasteiger partial charge in [-0.25, -0.2) is 4.57 Å². The highest BCUT2D eigenvalue weighted by molar-refractivity contribution is 7.47. The van der Waals surface area contributed by atoms with Gasteiger partial charge >= 0.3 is 19.8 Å². The van der Waals surface area contributed by atoms with E-state index in [0.717, 1.165) is 141 Å². The standard InChI is InChI=1S/C61H100NO8P/c1-3-5-7-9-11-13-15-17-19-21-23-24-25-26-27-28-29-30-31-32-33-34-36-38-40-42-44-46-48-50-52-54-61(64)70-59(58-69-71(65,66)68-56-55-62)57-67-60(63)53-51-49-47-45-43-41-39-37-35-22-20-18-16-14-12-10-8-6-4-2/h5,7,11-14,17-20,23-24,26-27,29-30,32-33,35-38,59H,3-4,6,8-10,15-16,21-22,25,28,31,34,39-58,62H2,1-2H3,(H,65,66)/b7-5-,13-11-,14-12-,19-17-,20-18-,24-23-,27-26-,30-29-,33-32-,37-35-,38-36-. The summed E-state index contributed by atoms with van der Waals surface area (Å²) in [6.45, 7) is 3.55. The van der Waals surface area contributed by atoms with Gasteiger partial charge in [-0.1, -0.05) is 212 Å². The van der Waals surface area contributed by atoms with Crippen molar-refractivity contribution >= 4 is 19.8 Å². The van der Waals surface area contributed by atoms with E-state index in [1.807, 2.05) is 0 Å². The molecule has 71 heavy (non-hydrogen) atoms. The van der Waals surface area contributed by atoms with Crippen LogP contribution >= 0.6 is 7.82 Å². The van der Waals surface area contributed by atoms with E-state index < -0.39 is 32.5 Å². The smallest absolute Gasteiger partial charge is 0.462 e. The maximum atomic E-state index is 12.7. The largest absolute Gasteiger partial charge is 0.472 e. The third-order valence-corrected chi connectivity index (χ3v) is 12.0. The zero-order chi connectivity index (χ0) is 51.7. The lowest BCUT2D eigenvalue weighted by Gasteiger charge is -2.19. The van der Waals surface area contributed by atoms with Crippen molar-refractivity contribution in [3.05, 3.63) is 134 Å². The van der Waals surface area contributed by atoms with Crippen LogP contribution in [0.4, 0.5) is 0 Å². The summed E-state index contributed by atoms with van der Waals surface area (Å²) in [4.78, 5) is 35.1. The van der Waals surface area contributed by atoms with E-state index in [2.05, 4.69) is 148 Å². The number of ether oxygens (including phenoxy) is 2. The van der Waals surface area contributed by atoms with Crippen LogP contribution in [0.15, 0.2) is 134 Å². The van der Waals surface area contributed by atoms with E-state index in [9.17, 15) is 19.0 Å². The first-order valence-electron chi connectivity index (χ1n) is 27.7. The lowest BCUT2D eigenvalue weighted by Crippen LogP contribution is -2.29. The van der Waals surface area contributed by atoms with E-state index in [1.54, 1.807) is 0 Å². The van der Waals surface area contributed by atoms with Gasteiger partial charge in [-0.05, 0) is 116 Å². The number of nitrogens with two attached hydrogens (primary N) is 1. The molecule has 0 rings (SSSR count). The summed E-state index contributed by atoms with van der Waals surface area (Å²) >= 11 is 0. The molecule has 10 heteroatoms. The third kappa shape index (κ3) is 55.3. The summed E-state index contributed by atoms with van der Waals surface area (Å²) < 4.78 is 33.0. The molecule has 0 aromatic rings. The van der Waals surface area contributed by atoms with Crippen LogP contribution in [0.5, 0.6) is 0 Å². The van der Waals surface area contributed by atoms with Gasteiger partial charge < -0.3 is 20.1 Å². The Labute approximate surface area is 434 Å². The van der Waals surface area contributed by atoms with Crippen LogP contribution in [0.25, 0.3) is 0 Å². The van der Waals surface area contributed by atoms with Gasteiger partial charge in [0.25, 0.3) is 0 Å². The third-order valence-electron chi connectivity index (χ3n) is 11.0. The Morgan fingerprint density at radius 2 is 0.775 bits per heavy atom. The SMILES string of the molecule is CC/C=C\C/C=C\C/C=C\C/C=C\C/C=C\C/C=C\C/C=C\C/C=C\CCCCCCCCC(=O)OC(COC(=O)CCCCCCCC/C=C\C/C=C\C/C=C\CCCCC)COP(=O)(O)OCCN. The number of rotatable bonds is 50. The summed E-state index contributed by atoms with van der Waals surface area (Å²) in [7, 11) is -4.40. The minimum atomic E-state index is -4.40. The summed E-state index contributed by atoms with van der Waals surface area (Å²) in [5, 5.41) is 0. The Morgan fingerprint density at radius 3 is 1.15 bits per heavy atom. The predicted molar refractivity (Wildman–Crippen MR) is 302 cm³/mol. The minimum absolute atomic E-state index is 0.0411.